The van der Waals surface area contributed by atoms with Crippen molar-refractivity contribution in [3.63, 3.8) is 0 Å². The number of hydrogen-bond donors (Lipinski definition) is 1. The Morgan fingerprint density at radius 3 is 2.69 bits per heavy atom. The Hall–Kier alpha value is -1.54. The fraction of sp³-hybridized carbons (Fsp3) is 0.286. The molecule has 2 aromatic carbocycles. The van der Waals surface area contributed by atoms with E-state index in [1.54, 1.807) is 0 Å². The molecule has 0 radical (unpaired) electrons. The Kier molecular flexibility index (Phi) is 3.42. The Balaban J connectivity index is 2.23. The first-order valence-electron chi connectivity index (χ1n) is 5.62. The molecule has 0 saturated heterocycles. The van der Waals surface area contributed by atoms with Crippen LogP contribution in [-0.4, -0.2) is 13.2 Å². The molecule has 84 valence electrons. The van der Waals surface area contributed by atoms with E-state index in [9.17, 15) is 0 Å². The Labute approximate surface area is 96.0 Å². The molecular weight excluding hydrogens is 198 g/mol. The SMILES string of the molecule is CC(CN)COc1cccc2ccccc12. The van der Waals surface area contributed by atoms with Crippen LogP contribution in [0.4, 0.5) is 0 Å². The van der Waals surface area contributed by atoms with E-state index in [2.05, 4.69) is 25.1 Å². The Morgan fingerprint density at radius 1 is 1.12 bits per heavy atom. The molecule has 0 aliphatic heterocycles. The van der Waals surface area contributed by atoms with Gasteiger partial charge in [0.15, 0.2) is 0 Å². The molecule has 16 heavy (non-hydrogen) atoms. The summed E-state index contributed by atoms with van der Waals surface area (Å²) in [5.74, 6) is 1.33. The van der Waals surface area contributed by atoms with Gasteiger partial charge in [0.25, 0.3) is 0 Å². The minimum Gasteiger partial charge on any atom is -0.493 e. The molecule has 2 N–H and O–H groups in total. The topological polar surface area (TPSA) is 35.2 Å². The first-order chi connectivity index (χ1) is 7.81. The van der Waals surface area contributed by atoms with E-state index in [4.69, 9.17) is 10.5 Å². The maximum atomic E-state index is 5.79. The van der Waals surface area contributed by atoms with Crippen molar-refractivity contribution in [1.82, 2.24) is 0 Å². The molecule has 0 heterocycles. The van der Waals surface area contributed by atoms with E-state index >= 15 is 0 Å². The zero-order valence-corrected chi connectivity index (χ0v) is 9.52. The second-order valence-electron chi connectivity index (χ2n) is 4.13. The van der Waals surface area contributed by atoms with Crippen LogP contribution in [0.2, 0.25) is 0 Å². The fourth-order valence-electron chi connectivity index (χ4n) is 1.62. The molecule has 0 aliphatic rings. The highest BCUT2D eigenvalue weighted by atomic mass is 16.5. The van der Waals surface area contributed by atoms with E-state index in [0.29, 0.717) is 19.1 Å². The van der Waals surface area contributed by atoms with Gasteiger partial charge in [-0.05, 0) is 18.0 Å². The van der Waals surface area contributed by atoms with Crippen molar-refractivity contribution in [3.05, 3.63) is 42.5 Å². The normalized spacial score (nSPS) is 12.6. The molecule has 2 aromatic rings. The van der Waals surface area contributed by atoms with Crippen molar-refractivity contribution in [2.75, 3.05) is 13.2 Å². The van der Waals surface area contributed by atoms with Gasteiger partial charge in [0.1, 0.15) is 5.75 Å². The molecule has 1 unspecified atom stereocenters. The van der Waals surface area contributed by atoms with Gasteiger partial charge in [0.2, 0.25) is 0 Å². The summed E-state index contributed by atoms with van der Waals surface area (Å²) >= 11 is 0. The minimum absolute atomic E-state index is 0.388. The van der Waals surface area contributed by atoms with Crippen LogP contribution in [0.5, 0.6) is 5.75 Å². The number of rotatable bonds is 4. The van der Waals surface area contributed by atoms with E-state index in [1.807, 2.05) is 24.3 Å². The number of ether oxygens (including phenoxy) is 1. The van der Waals surface area contributed by atoms with Crippen LogP contribution in [0.3, 0.4) is 0 Å². The number of fused-ring (bicyclic) bond motifs is 1. The van der Waals surface area contributed by atoms with E-state index in [-0.39, 0.29) is 0 Å². The quantitative estimate of drug-likeness (QED) is 0.851. The van der Waals surface area contributed by atoms with Gasteiger partial charge >= 0.3 is 0 Å². The van der Waals surface area contributed by atoms with Gasteiger partial charge in [-0.15, -0.1) is 0 Å². The zero-order valence-electron chi connectivity index (χ0n) is 9.52. The standard InChI is InChI=1S/C14H17NO/c1-11(9-15)10-16-14-8-4-6-12-5-2-3-7-13(12)14/h2-8,11H,9-10,15H2,1H3. The summed E-state index contributed by atoms with van der Waals surface area (Å²) in [6.07, 6.45) is 0. The molecule has 0 bridgehead atoms. The molecule has 2 heteroatoms. The average molecular weight is 215 g/mol. The highest BCUT2D eigenvalue weighted by molar-refractivity contribution is 5.88. The van der Waals surface area contributed by atoms with Crippen molar-refractivity contribution >= 4 is 10.8 Å². The highest BCUT2D eigenvalue weighted by Crippen LogP contribution is 2.25. The largest absolute Gasteiger partial charge is 0.493 e. The lowest BCUT2D eigenvalue weighted by Gasteiger charge is -2.12. The van der Waals surface area contributed by atoms with E-state index in [0.717, 1.165) is 11.1 Å². The van der Waals surface area contributed by atoms with Gasteiger partial charge in [-0.1, -0.05) is 43.3 Å². The van der Waals surface area contributed by atoms with Crippen molar-refractivity contribution in [3.8, 4) is 5.75 Å². The van der Waals surface area contributed by atoms with Gasteiger partial charge < -0.3 is 10.5 Å². The van der Waals surface area contributed by atoms with E-state index in [1.165, 1.54) is 5.39 Å². The van der Waals surface area contributed by atoms with Crippen LogP contribution in [0.25, 0.3) is 10.8 Å². The number of hydrogen-bond acceptors (Lipinski definition) is 2. The lowest BCUT2D eigenvalue weighted by molar-refractivity contribution is 0.267. The van der Waals surface area contributed by atoms with Crippen LogP contribution >= 0.6 is 0 Å². The summed E-state index contributed by atoms with van der Waals surface area (Å²) in [5.41, 5.74) is 5.57. The lowest BCUT2D eigenvalue weighted by Crippen LogP contribution is -2.18. The molecule has 0 fully saturated rings. The van der Waals surface area contributed by atoms with Gasteiger partial charge in [-0.2, -0.15) is 0 Å². The maximum Gasteiger partial charge on any atom is 0.127 e. The molecule has 2 nitrogen and oxygen atoms in total. The first-order valence-corrected chi connectivity index (χ1v) is 5.62. The predicted octanol–water partition coefficient (Wildman–Crippen LogP) is 2.81. The summed E-state index contributed by atoms with van der Waals surface area (Å²) in [7, 11) is 0. The molecule has 0 aliphatic carbocycles. The molecule has 0 saturated carbocycles. The van der Waals surface area contributed by atoms with Crippen LogP contribution in [0.1, 0.15) is 6.92 Å². The van der Waals surface area contributed by atoms with Crippen LogP contribution in [0, 0.1) is 5.92 Å². The summed E-state index contributed by atoms with van der Waals surface area (Å²) in [5, 5.41) is 2.37. The Bertz CT molecular complexity index is 462. The molecule has 0 amide bonds. The lowest BCUT2D eigenvalue weighted by atomic mass is 10.1. The van der Waals surface area contributed by atoms with Gasteiger partial charge in [0.05, 0.1) is 6.61 Å². The van der Waals surface area contributed by atoms with Crippen molar-refractivity contribution in [2.24, 2.45) is 11.7 Å². The monoisotopic (exact) mass is 215 g/mol. The Morgan fingerprint density at radius 2 is 1.88 bits per heavy atom. The maximum absolute atomic E-state index is 5.79. The van der Waals surface area contributed by atoms with Gasteiger partial charge in [-0.3, -0.25) is 0 Å². The molecule has 0 spiro atoms. The van der Waals surface area contributed by atoms with Gasteiger partial charge in [0, 0.05) is 11.3 Å². The molecule has 2 rings (SSSR count). The van der Waals surface area contributed by atoms with Gasteiger partial charge in [-0.25, -0.2) is 0 Å². The zero-order chi connectivity index (χ0) is 11.4. The minimum atomic E-state index is 0.388. The third-order valence-corrected chi connectivity index (χ3v) is 2.68. The molecule has 0 aromatic heterocycles. The van der Waals surface area contributed by atoms with Crippen LogP contribution in [-0.2, 0) is 0 Å². The number of benzene rings is 2. The highest BCUT2D eigenvalue weighted by Gasteiger charge is 2.03. The van der Waals surface area contributed by atoms with Crippen molar-refractivity contribution < 1.29 is 4.74 Å². The summed E-state index contributed by atoms with van der Waals surface area (Å²) in [6.45, 7) is 3.42. The van der Waals surface area contributed by atoms with Crippen LogP contribution in [0.15, 0.2) is 42.5 Å². The smallest absolute Gasteiger partial charge is 0.127 e. The average Bonchev–Trinajstić information content (AvgIpc) is 2.35. The van der Waals surface area contributed by atoms with E-state index < -0.39 is 0 Å². The summed E-state index contributed by atoms with van der Waals surface area (Å²) in [4.78, 5) is 0. The first kappa shape index (κ1) is 11.0. The predicted molar refractivity (Wildman–Crippen MR) is 67.7 cm³/mol. The second-order valence-corrected chi connectivity index (χ2v) is 4.13. The molecule has 1 atom stereocenters. The third kappa shape index (κ3) is 2.34. The van der Waals surface area contributed by atoms with Crippen LogP contribution < -0.4 is 10.5 Å². The third-order valence-electron chi connectivity index (χ3n) is 2.68. The fourth-order valence-corrected chi connectivity index (χ4v) is 1.62. The molecular formula is C14H17NO. The van der Waals surface area contributed by atoms with Crippen molar-refractivity contribution in [2.45, 2.75) is 6.92 Å². The summed E-state index contributed by atoms with van der Waals surface area (Å²) < 4.78 is 5.79. The van der Waals surface area contributed by atoms with Crippen molar-refractivity contribution in [1.29, 1.82) is 0 Å². The number of nitrogens with two attached hydrogens (primary N) is 1. The summed E-state index contributed by atoms with van der Waals surface area (Å²) in [6, 6.07) is 14.4. The second kappa shape index (κ2) is 4.99.